The van der Waals surface area contributed by atoms with Gasteiger partial charge in [0.05, 0.1) is 17.4 Å². The Morgan fingerprint density at radius 3 is 2.52 bits per heavy atom. The Hall–Kier alpha value is -3.03. The number of hydrogen-bond acceptors (Lipinski definition) is 3. The maximum Gasteiger partial charge on any atom is 0.405 e. The third-order valence-electron chi connectivity index (χ3n) is 5.04. The van der Waals surface area contributed by atoms with E-state index in [0.717, 1.165) is 24.2 Å². The number of ether oxygens (including phenoxy) is 1. The largest absolute Gasteiger partial charge is 0.490 e. The normalized spacial score (nSPS) is 14.3. The summed E-state index contributed by atoms with van der Waals surface area (Å²) in [5.74, 6) is -0.445. The molecule has 1 aliphatic carbocycles. The standard InChI is InChI=1S/C23H25F3N2O3/c24-23(25,26)15-27-22(30)19-10-3-4-11-20(19)28-21(29)13-12-16-6-5-9-18(14-16)31-17-7-1-2-8-17/h3-6,9-11,14,17H,1-2,7-8,12-13,15H2,(H,27,30)(H,28,29). The number of carbonyl (C=O) groups excluding carboxylic acids is 2. The summed E-state index contributed by atoms with van der Waals surface area (Å²) in [4.78, 5) is 24.5. The van der Waals surface area contributed by atoms with Gasteiger partial charge in [0.15, 0.2) is 0 Å². The van der Waals surface area contributed by atoms with Gasteiger partial charge >= 0.3 is 6.18 Å². The lowest BCUT2D eigenvalue weighted by molar-refractivity contribution is -0.123. The maximum atomic E-state index is 12.4. The predicted octanol–water partition coefficient (Wildman–Crippen LogP) is 4.87. The van der Waals surface area contributed by atoms with Crippen LogP contribution in [0.25, 0.3) is 0 Å². The minimum Gasteiger partial charge on any atom is -0.490 e. The fourth-order valence-corrected chi connectivity index (χ4v) is 3.51. The first-order valence-corrected chi connectivity index (χ1v) is 10.3. The molecule has 0 radical (unpaired) electrons. The first kappa shape index (κ1) is 22.7. The van der Waals surface area contributed by atoms with Crippen molar-refractivity contribution < 1.29 is 27.5 Å². The molecular formula is C23H25F3N2O3. The maximum absolute atomic E-state index is 12.4. The second-order valence-electron chi connectivity index (χ2n) is 7.56. The molecule has 2 N–H and O–H groups in total. The number of aryl methyl sites for hydroxylation is 1. The van der Waals surface area contributed by atoms with Crippen molar-refractivity contribution in [2.24, 2.45) is 0 Å². The molecule has 2 aromatic rings. The molecule has 2 amide bonds. The van der Waals surface area contributed by atoms with Crippen molar-refractivity contribution in [1.29, 1.82) is 0 Å². The number of para-hydroxylation sites is 1. The molecule has 166 valence electrons. The van der Waals surface area contributed by atoms with Crippen LogP contribution in [0.2, 0.25) is 0 Å². The monoisotopic (exact) mass is 434 g/mol. The van der Waals surface area contributed by atoms with Crippen molar-refractivity contribution >= 4 is 17.5 Å². The third kappa shape index (κ3) is 7.31. The van der Waals surface area contributed by atoms with Crippen LogP contribution in [0, 0.1) is 0 Å². The zero-order chi connectivity index (χ0) is 22.3. The molecule has 0 unspecified atom stereocenters. The molecule has 0 heterocycles. The number of carbonyl (C=O) groups is 2. The minimum atomic E-state index is -4.51. The van der Waals surface area contributed by atoms with E-state index in [2.05, 4.69) is 5.32 Å². The van der Waals surface area contributed by atoms with Crippen molar-refractivity contribution in [3.05, 3.63) is 59.7 Å². The van der Waals surface area contributed by atoms with Crippen molar-refractivity contribution in [2.45, 2.75) is 50.8 Å². The SMILES string of the molecule is O=C(CCc1cccc(OC2CCCC2)c1)Nc1ccccc1C(=O)NCC(F)(F)F. The zero-order valence-corrected chi connectivity index (χ0v) is 17.0. The van der Waals surface area contributed by atoms with E-state index in [1.165, 1.54) is 31.0 Å². The fourth-order valence-electron chi connectivity index (χ4n) is 3.51. The molecular weight excluding hydrogens is 409 g/mol. The van der Waals surface area contributed by atoms with Gasteiger partial charge in [-0.2, -0.15) is 13.2 Å². The van der Waals surface area contributed by atoms with E-state index < -0.39 is 18.6 Å². The smallest absolute Gasteiger partial charge is 0.405 e. The van der Waals surface area contributed by atoms with Gasteiger partial charge in [-0.05, 0) is 61.9 Å². The Morgan fingerprint density at radius 1 is 1.03 bits per heavy atom. The highest BCUT2D eigenvalue weighted by Crippen LogP contribution is 2.25. The van der Waals surface area contributed by atoms with Crippen LogP contribution in [0.1, 0.15) is 48.0 Å². The molecule has 0 spiro atoms. The van der Waals surface area contributed by atoms with Gasteiger partial charge < -0.3 is 15.4 Å². The van der Waals surface area contributed by atoms with Crippen molar-refractivity contribution in [1.82, 2.24) is 5.32 Å². The van der Waals surface area contributed by atoms with Gasteiger partial charge in [0, 0.05) is 6.42 Å². The van der Waals surface area contributed by atoms with Crippen LogP contribution < -0.4 is 15.4 Å². The molecule has 1 saturated carbocycles. The number of nitrogens with one attached hydrogen (secondary N) is 2. The van der Waals surface area contributed by atoms with Gasteiger partial charge in [-0.3, -0.25) is 9.59 Å². The number of benzene rings is 2. The molecule has 31 heavy (non-hydrogen) atoms. The van der Waals surface area contributed by atoms with Crippen LogP contribution in [0.3, 0.4) is 0 Å². The fraction of sp³-hybridized carbons (Fsp3) is 0.391. The van der Waals surface area contributed by atoms with Crippen LogP contribution in [0.5, 0.6) is 5.75 Å². The molecule has 0 aliphatic heterocycles. The summed E-state index contributed by atoms with van der Waals surface area (Å²) in [5.41, 5.74) is 1.10. The van der Waals surface area contributed by atoms with Crippen LogP contribution >= 0.6 is 0 Å². The summed E-state index contributed by atoms with van der Waals surface area (Å²) in [6, 6.07) is 13.6. The van der Waals surface area contributed by atoms with Gasteiger partial charge in [0.1, 0.15) is 12.3 Å². The molecule has 3 rings (SSSR count). The van der Waals surface area contributed by atoms with E-state index in [9.17, 15) is 22.8 Å². The second kappa shape index (κ2) is 10.3. The summed E-state index contributed by atoms with van der Waals surface area (Å²) in [6.45, 7) is -1.44. The Kier molecular flexibility index (Phi) is 7.55. The van der Waals surface area contributed by atoms with E-state index >= 15 is 0 Å². The highest BCUT2D eigenvalue weighted by Gasteiger charge is 2.28. The summed E-state index contributed by atoms with van der Waals surface area (Å²) in [6.07, 6.45) is 0.843. The van der Waals surface area contributed by atoms with E-state index in [0.29, 0.717) is 6.42 Å². The van der Waals surface area contributed by atoms with Crippen LogP contribution in [-0.2, 0) is 11.2 Å². The first-order chi connectivity index (χ1) is 14.8. The quantitative estimate of drug-likeness (QED) is 0.623. The number of amides is 2. The van der Waals surface area contributed by atoms with Crippen LogP contribution in [-0.4, -0.2) is 30.6 Å². The molecule has 2 aromatic carbocycles. The first-order valence-electron chi connectivity index (χ1n) is 10.3. The number of alkyl halides is 3. The Bertz CT molecular complexity index is 909. The predicted molar refractivity (Wildman–Crippen MR) is 111 cm³/mol. The second-order valence-corrected chi connectivity index (χ2v) is 7.56. The summed E-state index contributed by atoms with van der Waals surface area (Å²) >= 11 is 0. The van der Waals surface area contributed by atoms with Gasteiger partial charge in [-0.1, -0.05) is 24.3 Å². The van der Waals surface area contributed by atoms with Crippen molar-refractivity contribution in [3.8, 4) is 5.75 Å². The Morgan fingerprint density at radius 2 is 1.77 bits per heavy atom. The highest BCUT2D eigenvalue weighted by molar-refractivity contribution is 6.03. The lowest BCUT2D eigenvalue weighted by atomic mass is 10.1. The highest BCUT2D eigenvalue weighted by atomic mass is 19.4. The molecule has 0 saturated heterocycles. The molecule has 0 aromatic heterocycles. The topological polar surface area (TPSA) is 67.4 Å². The molecule has 5 nitrogen and oxygen atoms in total. The van der Waals surface area contributed by atoms with Gasteiger partial charge in [0.2, 0.25) is 5.91 Å². The molecule has 0 bridgehead atoms. The number of rotatable bonds is 8. The van der Waals surface area contributed by atoms with Crippen molar-refractivity contribution in [3.63, 3.8) is 0 Å². The van der Waals surface area contributed by atoms with Crippen molar-refractivity contribution in [2.75, 3.05) is 11.9 Å². The van der Waals surface area contributed by atoms with Crippen LogP contribution in [0.4, 0.5) is 18.9 Å². The average Bonchev–Trinajstić information content (AvgIpc) is 3.24. The Balaban J connectivity index is 1.55. The lowest BCUT2D eigenvalue weighted by Gasteiger charge is -2.14. The molecule has 0 atom stereocenters. The molecule has 8 heteroatoms. The molecule has 1 fully saturated rings. The van der Waals surface area contributed by atoms with Gasteiger partial charge in [-0.25, -0.2) is 0 Å². The third-order valence-corrected chi connectivity index (χ3v) is 5.04. The average molecular weight is 434 g/mol. The van der Waals surface area contributed by atoms with Crippen LogP contribution in [0.15, 0.2) is 48.5 Å². The zero-order valence-electron chi connectivity index (χ0n) is 17.0. The Labute approximate surface area is 179 Å². The lowest BCUT2D eigenvalue weighted by Crippen LogP contribution is -2.34. The number of hydrogen-bond donors (Lipinski definition) is 2. The number of anilines is 1. The van der Waals surface area contributed by atoms with Gasteiger partial charge in [0.25, 0.3) is 5.91 Å². The minimum absolute atomic E-state index is 0.0212. The van der Waals surface area contributed by atoms with E-state index in [4.69, 9.17) is 4.74 Å². The summed E-state index contributed by atoms with van der Waals surface area (Å²) in [7, 11) is 0. The molecule has 1 aliphatic rings. The van der Waals surface area contributed by atoms with E-state index in [-0.39, 0.29) is 29.7 Å². The summed E-state index contributed by atoms with van der Waals surface area (Å²) < 4.78 is 43.0. The van der Waals surface area contributed by atoms with E-state index in [1.54, 1.807) is 6.07 Å². The summed E-state index contributed by atoms with van der Waals surface area (Å²) in [5, 5.41) is 4.44. The van der Waals surface area contributed by atoms with Gasteiger partial charge in [-0.15, -0.1) is 0 Å². The number of halogens is 3. The van der Waals surface area contributed by atoms with E-state index in [1.807, 2.05) is 29.6 Å².